The number of carbonyl (C=O) groups is 1. The van der Waals surface area contributed by atoms with Crippen molar-refractivity contribution in [1.29, 1.82) is 0 Å². The fourth-order valence-corrected chi connectivity index (χ4v) is 4.30. The number of carbonyl (C=O) groups excluding carboxylic acids is 1. The zero-order valence-electron chi connectivity index (χ0n) is 19.5. The van der Waals surface area contributed by atoms with Crippen LogP contribution in [0.3, 0.4) is 0 Å². The first-order chi connectivity index (χ1) is 16.1. The van der Waals surface area contributed by atoms with Gasteiger partial charge in [0.2, 0.25) is 0 Å². The van der Waals surface area contributed by atoms with Crippen LogP contribution in [0.15, 0.2) is 60.8 Å². The van der Waals surface area contributed by atoms with Gasteiger partial charge in [-0.15, -0.1) is 0 Å². The van der Waals surface area contributed by atoms with Gasteiger partial charge < -0.3 is 10.1 Å². The molecule has 1 aliphatic rings. The van der Waals surface area contributed by atoms with Crippen molar-refractivity contribution >= 4 is 5.91 Å². The number of ether oxygens (including phenoxy) is 1. The standard InChI is InChI=1S/C27H32N4O2/c1-3-33-24-13-11-22(12-14-24)18-31-15-7-10-23(19-31)26-28-17-25(20(2)30-26)27(32)29-16-21-8-5-4-6-9-21/h4-6,8-9,11-14,17,23H,3,7,10,15-16,18-19H2,1-2H3,(H,29,32). The Morgan fingerprint density at radius 2 is 1.91 bits per heavy atom. The van der Waals surface area contributed by atoms with Crippen LogP contribution in [-0.4, -0.2) is 40.5 Å². The molecule has 0 bridgehead atoms. The molecule has 1 amide bonds. The minimum Gasteiger partial charge on any atom is -0.494 e. The largest absolute Gasteiger partial charge is 0.494 e. The molecule has 6 heteroatoms. The number of amides is 1. The fourth-order valence-electron chi connectivity index (χ4n) is 4.30. The van der Waals surface area contributed by atoms with Crippen molar-refractivity contribution in [2.24, 2.45) is 0 Å². The van der Waals surface area contributed by atoms with Crippen LogP contribution < -0.4 is 10.1 Å². The quantitative estimate of drug-likeness (QED) is 0.554. The average molecular weight is 445 g/mol. The molecule has 2 aromatic carbocycles. The second-order valence-electron chi connectivity index (χ2n) is 8.55. The second-order valence-corrected chi connectivity index (χ2v) is 8.55. The van der Waals surface area contributed by atoms with Gasteiger partial charge in [-0.25, -0.2) is 9.97 Å². The van der Waals surface area contributed by atoms with E-state index in [4.69, 9.17) is 9.72 Å². The molecule has 1 saturated heterocycles. The lowest BCUT2D eigenvalue weighted by atomic mass is 9.96. The first-order valence-corrected chi connectivity index (χ1v) is 11.7. The summed E-state index contributed by atoms with van der Waals surface area (Å²) in [6, 6.07) is 18.2. The van der Waals surface area contributed by atoms with E-state index in [1.54, 1.807) is 6.20 Å². The Hall–Kier alpha value is -3.25. The van der Waals surface area contributed by atoms with Crippen LogP contribution in [0.4, 0.5) is 0 Å². The lowest BCUT2D eigenvalue weighted by Crippen LogP contribution is -2.34. The molecule has 33 heavy (non-hydrogen) atoms. The Labute approximate surface area is 196 Å². The summed E-state index contributed by atoms with van der Waals surface area (Å²) in [5, 5.41) is 2.97. The van der Waals surface area contributed by atoms with Crippen molar-refractivity contribution in [2.75, 3.05) is 19.7 Å². The van der Waals surface area contributed by atoms with Crippen LogP contribution in [0.25, 0.3) is 0 Å². The molecule has 0 spiro atoms. The molecule has 0 aliphatic carbocycles. The number of likely N-dealkylation sites (tertiary alicyclic amines) is 1. The summed E-state index contributed by atoms with van der Waals surface area (Å²) in [7, 11) is 0. The topological polar surface area (TPSA) is 67.3 Å². The molecule has 0 saturated carbocycles. The third kappa shape index (κ3) is 6.17. The predicted octanol–water partition coefficient (Wildman–Crippen LogP) is 4.49. The van der Waals surface area contributed by atoms with Crippen LogP contribution in [0.1, 0.15) is 58.7 Å². The average Bonchev–Trinajstić information content (AvgIpc) is 2.85. The number of piperidine rings is 1. The zero-order chi connectivity index (χ0) is 23.0. The van der Waals surface area contributed by atoms with E-state index in [9.17, 15) is 4.79 Å². The van der Waals surface area contributed by atoms with E-state index in [0.29, 0.717) is 18.7 Å². The molecule has 4 rings (SSSR count). The highest BCUT2D eigenvalue weighted by atomic mass is 16.5. The Morgan fingerprint density at radius 3 is 2.64 bits per heavy atom. The summed E-state index contributed by atoms with van der Waals surface area (Å²) in [4.78, 5) is 24.4. The molecule has 1 aromatic heterocycles. The van der Waals surface area contributed by atoms with Gasteiger partial charge in [0.1, 0.15) is 11.6 Å². The number of nitrogens with one attached hydrogen (secondary N) is 1. The van der Waals surface area contributed by atoms with E-state index < -0.39 is 0 Å². The maximum absolute atomic E-state index is 12.6. The number of hydrogen-bond donors (Lipinski definition) is 1. The van der Waals surface area contributed by atoms with Crippen molar-refractivity contribution in [1.82, 2.24) is 20.2 Å². The van der Waals surface area contributed by atoms with Crippen LogP contribution in [0.2, 0.25) is 0 Å². The van der Waals surface area contributed by atoms with E-state index in [0.717, 1.165) is 55.3 Å². The first kappa shape index (κ1) is 22.9. The van der Waals surface area contributed by atoms with E-state index in [2.05, 4.69) is 27.3 Å². The number of aromatic nitrogens is 2. The van der Waals surface area contributed by atoms with Gasteiger partial charge in [0.05, 0.1) is 17.9 Å². The van der Waals surface area contributed by atoms with Crippen LogP contribution in [0.5, 0.6) is 5.75 Å². The highest BCUT2D eigenvalue weighted by Gasteiger charge is 2.24. The Balaban J connectivity index is 1.36. The van der Waals surface area contributed by atoms with E-state index in [1.807, 2.05) is 56.3 Å². The second kappa shape index (κ2) is 11.1. The smallest absolute Gasteiger partial charge is 0.254 e. The van der Waals surface area contributed by atoms with Gasteiger partial charge in [-0.05, 0) is 56.5 Å². The van der Waals surface area contributed by atoms with Crippen molar-refractivity contribution in [3.63, 3.8) is 0 Å². The molecular formula is C27H32N4O2. The van der Waals surface area contributed by atoms with Crippen molar-refractivity contribution in [3.05, 3.63) is 89.0 Å². The summed E-state index contributed by atoms with van der Waals surface area (Å²) in [5.74, 6) is 1.89. The number of benzene rings is 2. The van der Waals surface area contributed by atoms with Gasteiger partial charge in [-0.2, -0.15) is 0 Å². The van der Waals surface area contributed by atoms with Gasteiger partial charge >= 0.3 is 0 Å². The lowest BCUT2D eigenvalue weighted by molar-refractivity contribution is 0.0949. The molecular weight excluding hydrogens is 412 g/mol. The van der Waals surface area contributed by atoms with E-state index >= 15 is 0 Å². The van der Waals surface area contributed by atoms with Gasteiger partial charge in [0.15, 0.2) is 0 Å². The van der Waals surface area contributed by atoms with Gasteiger partial charge in [0.25, 0.3) is 5.91 Å². The van der Waals surface area contributed by atoms with E-state index in [-0.39, 0.29) is 11.8 Å². The van der Waals surface area contributed by atoms with Crippen LogP contribution in [0, 0.1) is 6.92 Å². The Morgan fingerprint density at radius 1 is 1.12 bits per heavy atom. The van der Waals surface area contributed by atoms with Gasteiger partial charge in [-0.1, -0.05) is 42.5 Å². The highest BCUT2D eigenvalue weighted by Crippen LogP contribution is 2.26. The molecule has 6 nitrogen and oxygen atoms in total. The van der Waals surface area contributed by atoms with Crippen molar-refractivity contribution in [2.45, 2.75) is 45.7 Å². The minimum atomic E-state index is -0.135. The molecule has 1 N–H and O–H groups in total. The summed E-state index contributed by atoms with van der Waals surface area (Å²) in [5.41, 5.74) is 3.61. The third-order valence-electron chi connectivity index (χ3n) is 6.05. The maximum atomic E-state index is 12.6. The van der Waals surface area contributed by atoms with E-state index in [1.165, 1.54) is 5.56 Å². The number of rotatable bonds is 8. The monoisotopic (exact) mass is 444 g/mol. The van der Waals surface area contributed by atoms with Gasteiger partial charge in [-0.3, -0.25) is 9.69 Å². The third-order valence-corrected chi connectivity index (χ3v) is 6.05. The summed E-state index contributed by atoms with van der Waals surface area (Å²) in [6.07, 6.45) is 3.87. The molecule has 1 fully saturated rings. The molecule has 1 atom stereocenters. The summed E-state index contributed by atoms with van der Waals surface area (Å²) >= 11 is 0. The highest BCUT2D eigenvalue weighted by molar-refractivity contribution is 5.94. The maximum Gasteiger partial charge on any atom is 0.254 e. The predicted molar refractivity (Wildman–Crippen MR) is 129 cm³/mol. The molecule has 3 aromatic rings. The Kier molecular flexibility index (Phi) is 7.68. The zero-order valence-corrected chi connectivity index (χ0v) is 19.5. The van der Waals surface area contributed by atoms with Crippen LogP contribution in [-0.2, 0) is 13.1 Å². The lowest BCUT2D eigenvalue weighted by Gasteiger charge is -2.32. The summed E-state index contributed by atoms with van der Waals surface area (Å²) in [6.45, 7) is 7.96. The molecule has 1 aliphatic heterocycles. The number of nitrogens with zero attached hydrogens (tertiary/aromatic N) is 3. The summed E-state index contributed by atoms with van der Waals surface area (Å²) < 4.78 is 5.54. The van der Waals surface area contributed by atoms with Crippen molar-refractivity contribution < 1.29 is 9.53 Å². The normalized spacial score (nSPS) is 16.4. The van der Waals surface area contributed by atoms with Crippen molar-refractivity contribution in [3.8, 4) is 5.75 Å². The number of aryl methyl sites for hydroxylation is 1. The number of hydrogen-bond acceptors (Lipinski definition) is 5. The fraction of sp³-hybridized carbons (Fsp3) is 0.370. The molecule has 172 valence electrons. The minimum absolute atomic E-state index is 0.135. The molecule has 1 unspecified atom stereocenters. The van der Waals surface area contributed by atoms with Gasteiger partial charge in [0, 0.05) is 31.7 Å². The molecule has 2 heterocycles. The SMILES string of the molecule is CCOc1ccc(CN2CCCC(c3ncc(C(=O)NCc4ccccc4)c(C)n3)C2)cc1. The first-order valence-electron chi connectivity index (χ1n) is 11.7. The van der Waals surface area contributed by atoms with Crippen LogP contribution >= 0.6 is 0 Å². The Bertz CT molecular complexity index is 1050. The molecule has 0 radical (unpaired) electrons.